The van der Waals surface area contributed by atoms with Crippen LogP contribution in [0.15, 0.2) is 53.6 Å². The Hall–Kier alpha value is -3.29. The van der Waals surface area contributed by atoms with Gasteiger partial charge in [-0.25, -0.2) is 13.6 Å². The topological polar surface area (TPSA) is 71.0 Å². The summed E-state index contributed by atoms with van der Waals surface area (Å²) in [6, 6.07) is 11.8. The zero-order chi connectivity index (χ0) is 20.8. The lowest BCUT2D eigenvalue weighted by Crippen LogP contribution is -2.43. The summed E-state index contributed by atoms with van der Waals surface area (Å²) in [4.78, 5) is 24.8. The molecule has 0 saturated carbocycles. The van der Waals surface area contributed by atoms with Gasteiger partial charge in [0.05, 0.1) is 12.3 Å². The smallest absolute Gasteiger partial charge is 0.354 e. The Morgan fingerprint density at radius 2 is 1.83 bits per heavy atom. The van der Waals surface area contributed by atoms with E-state index in [0.29, 0.717) is 5.69 Å². The first-order chi connectivity index (χ1) is 14.0. The van der Waals surface area contributed by atoms with Crippen LogP contribution >= 0.6 is 0 Å². The van der Waals surface area contributed by atoms with Crippen LogP contribution in [0.3, 0.4) is 0 Å². The maximum absolute atomic E-state index is 13.7. The van der Waals surface area contributed by atoms with Gasteiger partial charge in [-0.1, -0.05) is 24.3 Å². The summed E-state index contributed by atoms with van der Waals surface area (Å²) >= 11 is 0. The Labute approximate surface area is 167 Å². The highest BCUT2D eigenvalue weighted by atomic mass is 19.1. The zero-order valence-corrected chi connectivity index (χ0v) is 15.9. The molecule has 3 rings (SSSR count). The number of esters is 1. The number of carbonyl (C=O) groups excluding carboxylic acids is 2. The first-order valence-electron chi connectivity index (χ1n) is 9.30. The van der Waals surface area contributed by atoms with E-state index in [1.807, 2.05) is 6.07 Å². The standard InChI is InChI=1S/C21H21F2N3O3/c1-2-29-21(28)18-13-19(26(25-18)14-7-4-3-5-8-14)20(27)24-12-11-15-16(22)9-6-10-17(15)23/h3-10,19H,2,11-13H2,1H3,(H,24,27). The molecule has 1 amide bonds. The van der Waals surface area contributed by atoms with Crippen LogP contribution in [0.5, 0.6) is 0 Å². The van der Waals surface area contributed by atoms with Crippen molar-refractivity contribution in [2.45, 2.75) is 25.8 Å². The van der Waals surface area contributed by atoms with Crippen molar-refractivity contribution in [3.63, 3.8) is 0 Å². The highest BCUT2D eigenvalue weighted by Crippen LogP contribution is 2.25. The number of nitrogens with one attached hydrogen (secondary N) is 1. The maximum atomic E-state index is 13.7. The van der Waals surface area contributed by atoms with Crippen molar-refractivity contribution in [2.75, 3.05) is 18.2 Å². The van der Waals surface area contributed by atoms with Crippen molar-refractivity contribution in [3.8, 4) is 0 Å². The highest BCUT2D eigenvalue weighted by Gasteiger charge is 2.36. The van der Waals surface area contributed by atoms with Crippen molar-refractivity contribution in [2.24, 2.45) is 5.10 Å². The molecule has 0 fully saturated rings. The normalized spacial score (nSPS) is 15.8. The number of hydrogen-bond donors (Lipinski definition) is 1. The number of benzene rings is 2. The fourth-order valence-electron chi connectivity index (χ4n) is 3.07. The summed E-state index contributed by atoms with van der Waals surface area (Å²) < 4.78 is 32.5. The maximum Gasteiger partial charge on any atom is 0.354 e. The molecule has 1 aliphatic heterocycles. The molecule has 0 aromatic heterocycles. The van der Waals surface area contributed by atoms with E-state index >= 15 is 0 Å². The molecule has 29 heavy (non-hydrogen) atoms. The number of para-hydroxylation sites is 1. The summed E-state index contributed by atoms with van der Waals surface area (Å²) in [6.07, 6.45) is 0.0848. The van der Waals surface area contributed by atoms with Crippen molar-refractivity contribution in [1.29, 1.82) is 0 Å². The molecule has 0 spiro atoms. The Morgan fingerprint density at radius 1 is 1.14 bits per heavy atom. The van der Waals surface area contributed by atoms with Crippen LogP contribution in [0.1, 0.15) is 18.9 Å². The van der Waals surface area contributed by atoms with E-state index in [0.717, 1.165) is 0 Å². The van der Waals surface area contributed by atoms with Gasteiger partial charge in [-0.3, -0.25) is 9.80 Å². The Bertz CT molecular complexity index is 898. The first-order valence-corrected chi connectivity index (χ1v) is 9.30. The van der Waals surface area contributed by atoms with Gasteiger partial charge >= 0.3 is 5.97 Å². The van der Waals surface area contributed by atoms with Crippen molar-refractivity contribution < 1.29 is 23.1 Å². The largest absolute Gasteiger partial charge is 0.461 e. The number of hydrogen-bond acceptors (Lipinski definition) is 5. The molecule has 0 aliphatic carbocycles. The number of nitrogens with zero attached hydrogens (tertiary/aromatic N) is 2. The van der Waals surface area contributed by atoms with E-state index in [1.54, 1.807) is 31.2 Å². The van der Waals surface area contributed by atoms with Gasteiger partial charge in [-0.05, 0) is 37.6 Å². The van der Waals surface area contributed by atoms with E-state index < -0.39 is 29.6 Å². The lowest BCUT2D eigenvalue weighted by Gasteiger charge is -2.22. The molecule has 2 aromatic rings. The summed E-state index contributed by atoms with van der Waals surface area (Å²) in [5.41, 5.74) is 0.714. The van der Waals surface area contributed by atoms with Crippen molar-refractivity contribution in [1.82, 2.24) is 5.32 Å². The highest BCUT2D eigenvalue weighted by molar-refractivity contribution is 6.38. The van der Waals surface area contributed by atoms with Gasteiger partial charge in [-0.15, -0.1) is 0 Å². The van der Waals surface area contributed by atoms with Gasteiger partial charge < -0.3 is 10.1 Å². The molecular weight excluding hydrogens is 380 g/mol. The van der Waals surface area contributed by atoms with Gasteiger partial charge in [0.15, 0.2) is 0 Å². The Balaban J connectivity index is 1.70. The van der Waals surface area contributed by atoms with Gasteiger partial charge in [0.1, 0.15) is 23.4 Å². The summed E-state index contributed by atoms with van der Waals surface area (Å²) in [5, 5.41) is 8.41. The Kier molecular flexibility index (Phi) is 6.54. The second-order valence-electron chi connectivity index (χ2n) is 6.41. The van der Waals surface area contributed by atoms with Crippen LogP contribution in [0.2, 0.25) is 0 Å². The van der Waals surface area contributed by atoms with Gasteiger partial charge in [0, 0.05) is 18.5 Å². The van der Waals surface area contributed by atoms with E-state index in [1.165, 1.54) is 23.2 Å². The molecule has 0 bridgehead atoms. The van der Waals surface area contributed by atoms with Crippen molar-refractivity contribution in [3.05, 3.63) is 65.7 Å². The van der Waals surface area contributed by atoms with Crippen LogP contribution in [-0.4, -0.2) is 36.8 Å². The van der Waals surface area contributed by atoms with Crippen molar-refractivity contribution >= 4 is 23.3 Å². The van der Waals surface area contributed by atoms with E-state index in [9.17, 15) is 18.4 Å². The second-order valence-corrected chi connectivity index (χ2v) is 6.41. The van der Waals surface area contributed by atoms with Gasteiger partial charge in [-0.2, -0.15) is 5.10 Å². The molecule has 1 unspecified atom stereocenters. The first kappa shape index (κ1) is 20.4. The molecule has 0 radical (unpaired) electrons. The predicted molar refractivity (Wildman–Crippen MR) is 104 cm³/mol. The third-order valence-electron chi connectivity index (χ3n) is 4.48. The number of anilines is 1. The van der Waals surface area contributed by atoms with Crippen LogP contribution in [0, 0.1) is 11.6 Å². The summed E-state index contributed by atoms with van der Waals surface area (Å²) in [5.74, 6) is -2.27. The minimum absolute atomic E-state index is 0.00783. The Morgan fingerprint density at radius 3 is 2.48 bits per heavy atom. The van der Waals surface area contributed by atoms with E-state index in [-0.39, 0.29) is 37.3 Å². The predicted octanol–water partition coefficient (Wildman–Crippen LogP) is 2.82. The van der Waals surface area contributed by atoms with Crippen LogP contribution in [-0.2, 0) is 20.7 Å². The molecule has 2 aromatic carbocycles. The minimum atomic E-state index is -0.762. The molecule has 1 aliphatic rings. The monoisotopic (exact) mass is 401 g/mol. The average Bonchev–Trinajstić information content (AvgIpc) is 3.17. The van der Waals surface area contributed by atoms with Gasteiger partial charge in [0.25, 0.3) is 0 Å². The van der Waals surface area contributed by atoms with Crippen LogP contribution < -0.4 is 10.3 Å². The molecule has 0 saturated heterocycles. The molecule has 8 heteroatoms. The minimum Gasteiger partial charge on any atom is -0.461 e. The molecule has 152 valence electrons. The van der Waals surface area contributed by atoms with E-state index in [2.05, 4.69) is 10.4 Å². The number of rotatable bonds is 7. The quantitative estimate of drug-likeness (QED) is 0.725. The number of hydrazone groups is 1. The zero-order valence-electron chi connectivity index (χ0n) is 15.9. The molecule has 1 heterocycles. The molecule has 1 atom stereocenters. The third-order valence-corrected chi connectivity index (χ3v) is 4.48. The third kappa shape index (κ3) is 4.77. The fourth-order valence-corrected chi connectivity index (χ4v) is 3.07. The molecular formula is C21H21F2N3O3. The van der Waals surface area contributed by atoms with Crippen LogP contribution in [0.4, 0.5) is 14.5 Å². The fraction of sp³-hybridized carbons (Fsp3) is 0.286. The van der Waals surface area contributed by atoms with Crippen LogP contribution in [0.25, 0.3) is 0 Å². The lowest BCUT2D eigenvalue weighted by atomic mass is 10.1. The summed E-state index contributed by atoms with van der Waals surface area (Å²) in [6.45, 7) is 1.94. The number of amides is 1. The second kappa shape index (κ2) is 9.27. The SMILES string of the molecule is CCOC(=O)C1=NN(c2ccccc2)C(C(=O)NCCc2c(F)cccc2F)C1. The molecule has 1 N–H and O–H groups in total. The molecule has 6 nitrogen and oxygen atoms in total. The average molecular weight is 401 g/mol. The number of carbonyl (C=O) groups is 2. The summed E-state index contributed by atoms with van der Waals surface area (Å²) in [7, 11) is 0. The number of ether oxygens (including phenoxy) is 1. The lowest BCUT2D eigenvalue weighted by molar-refractivity contribution is -0.135. The number of halogens is 2. The van der Waals surface area contributed by atoms with Gasteiger partial charge in [0.2, 0.25) is 5.91 Å². The van der Waals surface area contributed by atoms with E-state index in [4.69, 9.17) is 4.74 Å².